The van der Waals surface area contributed by atoms with Crippen molar-refractivity contribution in [3.05, 3.63) is 66.8 Å². The van der Waals surface area contributed by atoms with Gasteiger partial charge >= 0.3 is 0 Å². The number of nitrogens with zero attached hydrogens (tertiary/aromatic N) is 4. The molecule has 0 radical (unpaired) electrons. The zero-order chi connectivity index (χ0) is 22.5. The third-order valence-electron chi connectivity index (χ3n) is 5.79. The van der Waals surface area contributed by atoms with E-state index in [-0.39, 0.29) is 11.9 Å². The van der Waals surface area contributed by atoms with Crippen LogP contribution in [0.15, 0.2) is 60.4 Å². The fraction of sp³-hybridized carbons (Fsp3) is 0.333. The summed E-state index contributed by atoms with van der Waals surface area (Å²) >= 11 is 0. The molecular formula is C24H28FN7. The van der Waals surface area contributed by atoms with E-state index < -0.39 is 0 Å². The second kappa shape index (κ2) is 9.72. The number of aromatic nitrogens is 4. The van der Waals surface area contributed by atoms with Gasteiger partial charge in [-0.2, -0.15) is 0 Å². The molecule has 0 bridgehead atoms. The number of nitrogens with one attached hydrogen (secondary N) is 3. The Hall–Kier alpha value is -3.55. The van der Waals surface area contributed by atoms with Gasteiger partial charge in [-0.25, -0.2) is 14.4 Å². The van der Waals surface area contributed by atoms with Gasteiger partial charge in [-0.15, -0.1) is 0 Å². The zero-order valence-corrected chi connectivity index (χ0v) is 18.4. The van der Waals surface area contributed by atoms with Crippen LogP contribution in [-0.4, -0.2) is 37.7 Å². The smallest absolute Gasteiger partial charge is 0.144 e. The number of aliphatic imine (C=N–C) groups is 1. The number of halogens is 1. The van der Waals surface area contributed by atoms with Crippen LogP contribution in [0.3, 0.4) is 0 Å². The van der Waals surface area contributed by atoms with E-state index in [1.54, 1.807) is 24.8 Å². The first-order chi connectivity index (χ1) is 15.5. The molecule has 0 saturated heterocycles. The van der Waals surface area contributed by atoms with Crippen molar-refractivity contribution in [2.24, 2.45) is 4.99 Å². The Bertz CT molecular complexity index is 1150. The van der Waals surface area contributed by atoms with Crippen LogP contribution in [0.25, 0.3) is 16.7 Å². The van der Waals surface area contributed by atoms with Crippen LogP contribution >= 0.6 is 0 Å². The van der Waals surface area contributed by atoms with Crippen LogP contribution in [0.5, 0.6) is 0 Å². The number of allylic oxidation sites excluding steroid dienone is 1. The van der Waals surface area contributed by atoms with E-state index in [9.17, 15) is 4.39 Å². The summed E-state index contributed by atoms with van der Waals surface area (Å²) in [6.45, 7) is 8.14. The molecule has 0 aromatic carbocycles. The number of anilines is 1. The highest BCUT2D eigenvalue weighted by molar-refractivity contribution is 5.98. The van der Waals surface area contributed by atoms with Crippen LogP contribution in [-0.2, 0) is 0 Å². The molecule has 3 N–H and O–H groups in total. The Morgan fingerprint density at radius 2 is 2.12 bits per heavy atom. The maximum atomic E-state index is 13.6. The van der Waals surface area contributed by atoms with Crippen molar-refractivity contribution in [1.82, 2.24) is 25.3 Å². The molecule has 1 saturated carbocycles. The minimum atomic E-state index is -0.375. The Morgan fingerprint density at radius 1 is 1.25 bits per heavy atom. The third-order valence-corrected chi connectivity index (χ3v) is 5.79. The summed E-state index contributed by atoms with van der Waals surface area (Å²) in [6.07, 6.45) is 14.3. The van der Waals surface area contributed by atoms with Gasteiger partial charge in [0, 0.05) is 53.2 Å². The van der Waals surface area contributed by atoms with Crippen molar-refractivity contribution in [3.63, 3.8) is 0 Å². The first-order valence-corrected chi connectivity index (χ1v) is 10.8. The lowest BCUT2D eigenvalue weighted by molar-refractivity contribution is 0.410. The molecule has 1 aliphatic rings. The highest BCUT2D eigenvalue weighted by atomic mass is 19.1. The first kappa shape index (κ1) is 21.7. The van der Waals surface area contributed by atoms with E-state index in [0.29, 0.717) is 22.8 Å². The van der Waals surface area contributed by atoms with E-state index in [1.807, 2.05) is 20.0 Å². The minimum absolute atomic E-state index is 0.270. The third kappa shape index (κ3) is 5.19. The summed E-state index contributed by atoms with van der Waals surface area (Å²) in [7, 11) is 0. The number of hydrogen-bond acceptors (Lipinski definition) is 6. The molecule has 0 amide bonds. The minimum Gasteiger partial charge on any atom is -0.366 e. The normalized spacial score (nSPS) is 19.7. The summed E-state index contributed by atoms with van der Waals surface area (Å²) in [5.74, 6) is 0.436. The SMILES string of the molecule is C=C(NC=C(C)C(C)=N[C@H]1CCC[C@@H](Nc2cnccn2)C1)c1c[nH]c2ncc(F)cc12. The number of fused-ring (bicyclic) bond motifs is 1. The molecule has 3 aromatic heterocycles. The van der Waals surface area contributed by atoms with Crippen LogP contribution in [0.1, 0.15) is 45.1 Å². The summed E-state index contributed by atoms with van der Waals surface area (Å²) in [4.78, 5) is 20.5. The molecular weight excluding hydrogens is 405 g/mol. The van der Waals surface area contributed by atoms with Crippen molar-refractivity contribution < 1.29 is 4.39 Å². The highest BCUT2D eigenvalue weighted by Crippen LogP contribution is 2.25. The summed E-state index contributed by atoms with van der Waals surface area (Å²) in [6, 6.07) is 2.07. The predicted molar refractivity (Wildman–Crippen MR) is 127 cm³/mol. The van der Waals surface area contributed by atoms with Gasteiger partial charge in [0.15, 0.2) is 0 Å². The first-order valence-electron chi connectivity index (χ1n) is 10.8. The molecule has 8 heteroatoms. The van der Waals surface area contributed by atoms with E-state index in [2.05, 4.69) is 37.1 Å². The fourth-order valence-electron chi connectivity index (χ4n) is 3.98. The monoisotopic (exact) mass is 433 g/mol. The second-order valence-corrected chi connectivity index (χ2v) is 8.17. The van der Waals surface area contributed by atoms with Crippen LogP contribution in [0, 0.1) is 5.82 Å². The van der Waals surface area contributed by atoms with Gasteiger partial charge in [0.1, 0.15) is 17.3 Å². The van der Waals surface area contributed by atoms with Gasteiger partial charge < -0.3 is 15.6 Å². The van der Waals surface area contributed by atoms with Crippen molar-refractivity contribution in [2.75, 3.05) is 5.32 Å². The molecule has 166 valence electrons. The number of pyridine rings is 1. The second-order valence-electron chi connectivity index (χ2n) is 8.17. The van der Waals surface area contributed by atoms with Crippen LogP contribution < -0.4 is 10.6 Å². The molecule has 3 heterocycles. The van der Waals surface area contributed by atoms with E-state index >= 15 is 0 Å². The average molecular weight is 434 g/mol. The Labute approximate surface area is 187 Å². The molecule has 2 atom stereocenters. The largest absolute Gasteiger partial charge is 0.366 e. The number of hydrogen-bond donors (Lipinski definition) is 3. The lowest BCUT2D eigenvalue weighted by Crippen LogP contribution is -2.30. The Balaban J connectivity index is 1.38. The lowest BCUT2D eigenvalue weighted by atomic mass is 9.91. The summed E-state index contributed by atoms with van der Waals surface area (Å²) in [5, 5.41) is 7.39. The standard InChI is InChI=1S/C24H28FN7/c1-15(11-28-17(3)22-13-30-24-21(22)9-18(25)12-29-24)16(2)31-19-5-4-6-20(10-19)32-23-14-26-7-8-27-23/h7-9,11-14,19-20,28H,3-6,10H2,1-2H3,(H,27,32)(H,29,30)/t19-,20+/m0/s1. The van der Waals surface area contributed by atoms with Crippen LogP contribution in [0.2, 0.25) is 0 Å². The quantitative estimate of drug-likeness (QED) is 0.464. The molecule has 1 fully saturated rings. The number of H-pyrrole nitrogens is 1. The van der Waals surface area contributed by atoms with Crippen molar-refractivity contribution in [1.29, 1.82) is 0 Å². The maximum Gasteiger partial charge on any atom is 0.144 e. The van der Waals surface area contributed by atoms with Crippen molar-refractivity contribution >= 4 is 28.3 Å². The predicted octanol–water partition coefficient (Wildman–Crippen LogP) is 4.84. The number of rotatable bonds is 7. The van der Waals surface area contributed by atoms with Gasteiger partial charge in [0.2, 0.25) is 0 Å². The van der Waals surface area contributed by atoms with Crippen molar-refractivity contribution in [2.45, 2.75) is 51.6 Å². The van der Waals surface area contributed by atoms with Gasteiger partial charge in [-0.1, -0.05) is 6.58 Å². The number of aromatic amines is 1. The van der Waals surface area contributed by atoms with Gasteiger partial charge in [-0.3, -0.25) is 9.98 Å². The molecule has 4 rings (SSSR count). The van der Waals surface area contributed by atoms with Gasteiger partial charge in [0.05, 0.1) is 18.4 Å². The van der Waals surface area contributed by atoms with Crippen molar-refractivity contribution in [3.8, 4) is 0 Å². The van der Waals surface area contributed by atoms with E-state index in [1.165, 1.54) is 12.3 Å². The fourth-order valence-corrected chi connectivity index (χ4v) is 3.98. The van der Waals surface area contributed by atoms with Gasteiger partial charge in [-0.05, 0) is 51.2 Å². The Morgan fingerprint density at radius 3 is 2.94 bits per heavy atom. The van der Waals surface area contributed by atoms with E-state index in [0.717, 1.165) is 48.3 Å². The topological polar surface area (TPSA) is 90.9 Å². The molecule has 32 heavy (non-hydrogen) atoms. The lowest BCUT2D eigenvalue weighted by Gasteiger charge is -2.28. The molecule has 0 spiro atoms. The molecule has 7 nitrogen and oxygen atoms in total. The zero-order valence-electron chi connectivity index (χ0n) is 18.4. The Kier molecular flexibility index (Phi) is 6.58. The van der Waals surface area contributed by atoms with Gasteiger partial charge in [0.25, 0.3) is 0 Å². The average Bonchev–Trinajstić information content (AvgIpc) is 3.21. The molecule has 3 aromatic rings. The maximum absolute atomic E-state index is 13.6. The summed E-state index contributed by atoms with van der Waals surface area (Å²) in [5.41, 5.74) is 4.10. The van der Waals surface area contributed by atoms with Crippen LogP contribution in [0.4, 0.5) is 10.2 Å². The molecule has 0 aliphatic heterocycles. The summed E-state index contributed by atoms with van der Waals surface area (Å²) < 4.78 is 13.6. The molecule has 1 aliphatic carbocycles. The molecule has 0 unspecified atom stereocenters. The van der Waals surface area contributed by atoms with E-state index in [4.69, 9.17) is 4.99 Å². The highest BCUT2D eigenvalue weighted by Gasteiger charge is 2.22.